The lowest BCUT2D eigenvalue weighted by Gasteiger charge is -2.31. The van der Waals surface area contributed by atoms with Gasteiger partial charge >= 0.3 is 0 Å². The lowest BCUT2D eigenvalue weighted by Crippen LogP contribution is -2.35. The maximum absolute atomic E-state index is 10.2. The average molecular weight is 341 g/mol. The van der Waals surface area contributed by atoms with Crippen molar-refractivity contribution in [1.82, 2.24) is 10.3 Å². The van der Waals surface area contributed by atoms with Gasteiger partial charge in [-0.15, -0.1) is 0 Å². The molecule has 5 nitrogen and oxygen atoms in total. The highest BCUT2D eigenvalue weighted by Gasteiger charge is 2.17. The van der Waals surface area contributed by atoms with E-state index in [1.807, 2.05) is 12.1 Å². The first-order valence-corrected chi connectivity index (χ1v) is 8.98. The summed E-state index contributed by atoms with van der Waals surface area (Å²) in [7, 11) is 0. The van der Waals surface area contributed by atoms with Gasteiger partial charge in [0.2, 0.25) is 0 Å². The van der Waals surface area contributed by atoms with Gasteiger partial charge in [-0.25, -0.2) is 0 Å². The number of hydrogen-bond donors (Lipinski definition) is 3. The number of benzene rings is 1. The Kier molecular flexibility index (Phi) is 6.02. The topological polar surface area (TPSA) is 68.6 Å². The minimum atomic E-state index is -0.537. The molecule has 3 rings (SSSR count). The predicted molar refractivity (Wildman–Crippen MR) is 99.5 cm³/mol. The average Bonchev–Trinajstić information content (AvgIpc) is 2.67. The van der Waals surface area contributed by atoms with E-state index in [-0.39, 0.29) is 12.1 Å². The number of nitrogens with zero attached hydrogens (tertiary/aromatic N) is 2. The standard InChI is InChI=1S/C20H27N3O2/c1-15(22-14-20(25)17-6-10-21-11-7-17)16-2-4-18(5-3-16)23-12-8-19(24)9-13-23/h2-7,10-11,15,19-20,22,24-25H,8-9,12-14H2,1H3. The molecule has 1 aromatic carbocycles. The molecular formula is C20H27N3O2. The van der Waals surface area contributed by atoms with Gasteiger partial charge in [0.1, 0.15) is 0 Å². The van der Waals surface area contributed by atoms with Crippen molar-refractivity contribution in [3.8, 4) is 0 Å². The molecule has 0 bridgehead atoms. The van der Waals surface area contributed by atoms with Crippen LogP contribution in [0.4, 0.5) is 5.69 Å². The van der Waals surface area contributed by atoms with Crippen LogP contribution in [0.1, 0.15) is 43.0 Å². The molecule has 2 atom stereocenters. The largest absolute Gasteiger partial charge is 0.393 e. The van der Waals surface area contributed by atoms with E-state index in [0.29, 0.717) is 6.54 Å². The van der Waals surface area contributed by atoms with E-state index in [9.17, 15) is 10.2 Å². The second-order valence-electron chi connectivity index (χ2n) is 6.74. The molecule has 0 spiro atoms. The highest BCUT2D eigenvalue weighted by atomic mass is 16.3. The van der Waals surface area contributed by atoms with Crippen molar-refractivity contribution in [2.24, 2.45) is 0 Å². The molecule has 1 aromatic heterocycles. The van der Waals surface area contributed by atoms with E-state index < -0.39 is 6.10 Å². The SMILES string of the molecule is CC(NCC(O)c1ccncc1)c1ccc(N2CCC(O)CC2)cc1. The van der Waals surface area contributed by atoms with E-state index in [1.165, 1.54) is 11.3 Å². The summed E-state index contributed by atoms with van der Waals surface area (Å²) in [5.74, 6) is 0. The van der Waals surface area contributed by atoms with Crippen LogP contribution < -0.4 is 10.2 Å². The van der Waals surface area contributed by atoms with E-state index >= 15 is 0 Å². The summed E-state index contributed by atoms with van der Waals surface area (Å²) in [5.41, 5.74) is 3.28. The lowest BCUT2D eigenvalue weighted by molar-refractivity contribution is 0.145. The summed E-state index contributed by atoms with van der Waals surface area (Å²) < 4.78 is 0. The van der Waals surface area contributed by atoms with Crippen LogP contribution in [0.5, 0.6) is 0 Å². The Hall–Kier alpha value is -1.95. The van der Waals surface area contributed by atoms with Crippen molar-refractivity contribution in [2.75, 3.05) is 24.5 Å². The highest BCUT2D eigenvalue weighted by molar-refractivity contribution is 5.48. The van der Waals surface area contributed by atoms with Gasteiger partial charge in [-0.05, 0) is 55.2 Å². The number of anilines is 1. The number of pyridine rings is 1. The fourth-order valence-corrected chi connectivity index (χ4v) is 3.21. The Balaban J connectivity index is 1.53. The zero-order valence-corrected chi connectivity index (χ0v) is 14.7. The zero-order chi connectivity index (χ0) is 17.6. The summed E-state index contributed by atoms with van der Waals surface area (Å²) in [6.45, 7) is 4.42. The van der Waals surface area contributed by atoms with E-state index in [2.05, 4.69) is 46.4 Å². The van der Waals surface area contributed by atoms with Crippen LogP contribution in [-0.2, 0) is 0 Å². The summed E-state index contributed by atoms with van der Waals surface area (Å²) in [6, 6.07) is 12.4. The number of aliphatic hydroxyl groups excluding tert-OH is 2. The van der Waals surface area contributed by atoms with Gasteiger partial charge in [0, 0.05) is 43.8 Å². The maximum Gasteiger partial charge on any atom is 0.0915 e. The van der Waals surface area contributed by atoms with E-state index in [1.54, 1.807) is 12.4 Å². The molecule has 0 amide bonds. The summed E-state index contributed by atoms with van der Waals surface area (Å²) >= 11 is 0. The third-order valence-corrected chi connectivity index (χ3v) is 4.93. The van der Waals surface area contributed by atoms with Crippen molar-refractivity contribution in [2.45, 2.75) is 38.0 Å². The fraction of sp³-hybridized carbons (Fsp3) is 0.450. The van der Waals surface area contributed by atoms with Crippen molar-refractivity contribution in [1.29, 1.82) is 0 Å². The first-order valence-electron chi connectivity index (χ1n) is 8.98. The normalized spacial score (nSPS) is 18.1. The quantitative estimate of drug-likeness (QED) is 0.753. The summed E-state index contributed by atoms with van der Waals surface area (Å²) in [6.07, 6.45) is 4.39. The second-order valence-corrected chi connectivity index (χ2v) is 6.74. The van der Waals surface area contributed by atoms with Gasteiger partial charge in [-0.3, -0.25) is 4.98 Å². The van der Waals surface area contributed by atoms with Gasteiger partial charge < -0.3 is 20.4 Å². The molecule has 1 aliphatic rings. The van der Waals surface area contributed by atoms with Crippen LogP contribution in [-0.4, -0.2) is 40.9 Å². The summed E-state index contributed by atoms with van der Waals surface area (Å²) in [4.78, 5) is 6.29. The van der Waals surface area contributed by atoms with Crippen LogP contribution in [0.25, 0.3) is 0 Å². The number of hydrogen-bond acceptors (Lipinski definition) is 5. The molecule has 0 aliphatic carbocycles. The molecule has 3 N–H and O–H groups in total. The highest BCUT2D eigenvalue weighted by Crippen LogP contribution is 2.23. The lowest BCUT2D eigenvalue weighted by atomic mass is 10.0. The third-order valence-electron chi connectivity index (χ3n) is 4.93. The molecular weight excluding hydrogens is 314 g/mol. The monoisotopic (exact) mass is 341 g/mol. The summed E-state index contributed by atoms with van der Waals surface area (Å²) in [5, 5.41) is 23.2. The Morgan fingerprint density at radius 3 is 2.36 bits per heavy atom. The molecule has 0 saturated carbocycles. The molecule has 1 fully saturated rings. The molecule has 2 unspecified atom stereocenters. The number of rotatable bonds is 6. The van der Waals surface area contributed by atoms with Crippen molar-refractivity contribution in [3.63, 3.8) is 0 Å². The van der Waals surface area contributed by atoms with Crippen molar-refractivity contribution in [3.05, 3.63) is 59.9 Å². The number of piperidine rings is 1. The smallest absolute Gasteiger partial charge is 0.0915 e. The molecule has 25 heavy (non-hydrogen) atoms. The minimum Gasteiger partial charge on any atom is -0.393 e. The van der Waals surface area contributed by atoms with Gasteiger partial charge in [0.25, 0.3) is 0 Å². The molecule has 1 aliphatic heterocycles. The van der Waals surface area contributed by atoms with Crippen LogP contribution >= 0.6 is 0 Å². The first kappa shape index (κ1) is 17.9. The van der Waals surface area contributed by atoms with Crippen LogP contribution in [0.2, 0.25) is 0 Å². The molecule has 2 aromatic rings. The first-order chi connectivity index (χ1) is 12.1. The van der Waals surface area contributed by atoms with E-state index in [4.69, 9.17) is 0 Å². The third kappa shape index (κ3) is 4.78. The Bertz CT molecular complexity index is 640. The van der Waals surface area contributed by atoms with Gasteiger partial charge in [-0.2, -0.15) is 0 Å². The number of nitrogens with one attached hydrogen (secondary N) is 1. The van der Waals surface area contributed by atoms with Gasteiger partial charge in [0.15, 0.2) is 0 Å². The molecule has 1 saturated heterocycles. The second kappa shape index (κ2) is 8.43. The van der Waals surface area contributed by atoms with Crippen LogP contribution in [0.15, 0.2) is 48.8 Å². The Morgan fingerprint density at radius 2 is 1.72 bits per heavy atom. The predicted octanol–water partition coefficient (Wildman–Crippen LogP) is 2.43. The molecule has 0 radical (unpaired) electrons. The maximum atomic E-state index is 10.2. The Labute approximate surface area is 149 Å². The number of aliphatic hydroxyl groups is 2. The minimum absolute atomic E-state index is 0.147. The van der Waals surface area contributed by atoms with Crippen LogP contribution in [0, 0.1) is 0 Å². The Morgan fingerprint density at radius 1 is 1.08 bits per heavy atom. The van der Waals surface area contributed by atoms with Crippen LogP contribution in [0.3, 0.4) is 0 Å². The molecule has 5 heteroatoms. The van der Waals surface area contributed by atoms with E-state index in [0.717, 1.165) is 31.5 Å². The zero-order valence-electron chi connectivity index (χ0n) is 14.7. The van der Waals surface area contributed by atoms with Crippen molar-refractivity contribution < 1.29 is 10.2 Å². The van der Waals surface area contributed by atoms with Gasteiger partial charge in [-0.1, -0.05) is 12.1 Å². The fourth-order valence-electron chi connectivity index (χ4n) is 3.21. The van der Waals surface area contributed by atoms with Gasteiger partial charge in [0.05, 0.1) is 12.2 Å². The number of aromatic nitrogens is 1. The van der Waals surface area contributed by atoms with Crippen molar-refractivity contribution >= 4 is 5.69 Å². The molecule has 2 heterocycles. The molecule has 134 valence electrons.